The van der Waals surface area contributed by atoms with E-state index in [1.165, 1.54) is 0 Å². The van der Waals surface area contributed by atoms with Crippen LogP contribution in [0, 0.1) is 13.1 Å². The topological polar surface area (TPSA) is 195 Å². The molecule has 0 spiro atoms. The van der Waals surface area contributed by atoms with E-state index in [1.807, 2.05) is 29.7 Å². The highest BCUT2D eigenvalue weighted by Crippen LogP contribution is 2.31. The van der Waals surface area contributed by atoms with Gasteiger partial charge in [0.25, 0.3) is 0 Å². The summed E-state index contributed by atoms with van der Waals surface area (Å²) in [5.74, 6) is 2.40. The molecule has 300 valence electrons. The summed E-state index contributed by atoms with van der Waals surface area (Å²) >= 11 is 4.23. The number of benzene rings is 2. The molecule has 2 aromatic carbocycles. The SMILES string of the molecule is CCN=C=S.[C-]#[N+]c1ccc2ncn(-c3ncc(N)c(NC4CCOCC4)n3)c2c1.[C-]#[N+]c1ccc2ncn(-c3ncc4nc(NCC)n(C5CCOCC5)c4n3)c2c1. The van der Waals surface area contributed by atoms with Gasteiger partial charge in [-0.25, -0.2) is 39.6 Å². The van der Waals surface area contributed by atoms with Crippen LogP contribution in [-0.2, 0) is 9.47 Å². The number of hydrogen-bond donors (Lipinski definition) is 3. The van der Waals surface area contributed by atoms with Crippen molar-refractivity contribution in [2.24, 2.45) is 4.99 Å². The summed E-state index contributed by atoms with van der Waals surface area (Å²) in [6.07, 6.45) is 10.4. The Balaban J connectivity index is 0.000000162. The summed E-state index contributed by atoms with van der Waals surface area (Å²) in [7, 11) is 0. The van der Waals surface area contributed by atoms with Crippen LogP contribution in [0.1, 0.15) is 45.6 Å². The van der Waals surface area contributed by atoms with Crippen molar-refractivity contribution in [1.82, 2.24) is 48.6 Å². The van der Waals surface area contributed by atoms with Gasteiger partial charge in [-0.1, -0.05) is 12.1 Å². The highest BCUT2D eigenvalue weighted by Gasteiger charge is 2.24. The van der Waals surface area contributed by atoms with Crippen molar-refractivity contribution in [1.29, 1.82) is 0 Å². The first kappa shape index (κ1) is 40.3. The first-order valence-electron chi connectivity index (χ1n) is 19.2. The Kier molecular flexibility index (Phi) is 13.0. The lowest BCUT2D eigenvalue weighted by atomic mass is 10.1. The highest BCUT2D eigenvalue weighted by atomic mass is 32.1. The van der Waals surface area contributed by atoms with Crippen LogP contribution in [0.25, 0.3) is 54.8 Å². The number of fused-ring (bicyclic) bond motifs is 3. The van der Waals surface area contributed by atoms with E-state index in [2.05, 4.69) is 79.1 Å². The van der Waals surface area contributed by atoms with E-state index in [4.69, 9.17) is 38.3 Å². The Labute approximate surface area is 345 Å². The van der Waals surface area contributed by atoms with Crippen LogP contribution in [-0.4, -0.2) is 99.3 Å². The maximum Gasteiger partial charge on any atom is 0.237 e. The summed E-state index contributed by atoms with van der Waals surface area (Å²) in [5.41, 5.74) is 12.4. The van der Waals surface area contributed by atoms with Crippen molar-refractivity contribution >= 4 is 79.4 Å². The van der Waals surface area contributed by atoms with Crippen molar-refractivity contribution in [3.05, 3.63) is 84.3 Å². The van der Waals surface area contributed by atoms with Crippen LogP contribution >= 0.6 is 12.2 Å². The molecule has 19 heteroatoms. The molecule has 7 aromatic rings. The normalized spacial score (nSPS) is 14.3. The molecule has 5 aromatic heterocycles. The predicted molar refractivity (Wildman–Crippen MR) is 230 cm³/mol. The van der Waals surface area contributed by atoms with Gasteiger partial charge < -0.3 is 25.8 Å². The molecule has 2 aliphatic heterocycles. The lowest BCUT2D eigenvalue weighted by molar-refractivity contribution is 0.0709. The molecule has 0 aliphatic carbocycles. The first-order chi connectivity index (χ1) is 28.9. The average Bonchev–Trinajstić information content (AvgIpc) is 4.00. The second kappa shape index (κ2) is 19.0. The zero-order valence-corrected chi connectivity index (χ0v) is 33.4. The van der Waals surface area contributed by atoms with Crippen LogP contribution < -0.4 is 16.4 Å². The molecule has 2 fully saturated rings. The van der Waals surface area contributed by atoms with Gasteiger partial charge in [-0.2, -0.15) is 9.97 Å². The molecule has 0 bridgehead atoms. The molecule has 7 heterocycles. The minimum atomic E-state index is 0.277. The lowest BCUT2D eigenvalue weighted by Gasteiger charge is -2.25. The Morgan fingerprint density at radius 2 is 1.41 bits per heavy atom. The zero-order valence-electron chi connectivity index (χ0n) is 32.6. The Morgan fingerprint density at radius 1 is 0.814 bits per heavy atom. The highest BCUT2D eigenvalue weighted by molar-refractivity contribution is 7.78. The Hall–Kier alpha value is -6.89. The number of nitrogens with two attached hydrogens (primary N) is 1. The van der Waals surface area contributed by atoms with Gasteiger partial charge in [0.05, 0.1) is 58.5 Å². The third-order valence-corrected chi connectivity index (χ3v) is 9.78. The molecule has 0 amide bonds. The van der Waals surface area contributed by atoms with E-state index in [9.17, 15) is 0 Å². The summed E-state index contributed by atoms with van der Waals surface area (Å²) in [4.78, 5) is 42.3. The van der Waals surface area contributed by atoms with Crippen molar-refractivity contribution in [3.8, 4) is 11.9 Å². The number of hydrogen-bond acceptors (Lipinski definition) is 14. The van der Waals surface area contributed by atoms with E-state index in [-0.39, 0.29) is 12.1 Å². The molecule has 0 saturated carbocycles. The third-order valence-electron chi connectivity index (χ3n) is 9.65. The number of anilines is 3. The lowest BCUT2D eigenvalue weighted by Crippen LogP contribution is -2.28. The predicted octanol–water partition coefficient (Wildman–Crippen LogP) is 7.15. The van der Waals surface area contributed by atoms with E-state index < -0.39 is 0 Å². The van der Waals surface area contributed by atoms with Crippen molar-refractivity contribution in [2.75, 3.05) is 55.9 Å². The van der Waals surface area contributed by atoms with E-state index in [0.29, 0.717) is 34.8 Å². The fraction of sp³-hybridized carbons (Fsp3) is 0.350. The molecule has 59 heavy (non-hydrogen) atoms. The van der Waals surface area contributed by atoms with E-state index in [0.717, 1.165) is 104 Å². The minimum absolute atomic E-state index is 0.277. The van der Waals surface area contributed by atoms with Gasteiger partial charge in [0.15, 0.2) is 22.8 Å². The Morgan fingerprint density at radius 3 is 1.97 bits per heavy atom. The van der Waals surface area contributed by atoms with Gasteiger partial charge in [0, 0.05) is 51.6 Å². The summed E-state index contributed by atoms with van der Waals surface area (Å²) in [5, 5.41) is 8.96. The van der Waals surface area contributed by atoms with Crippen molar-refractivity contribution in [2.45, 2.75) is 51.6 Å². The molecular formula is C40H42N16O2S. The quantitative estimate of drug-likeness (QED) is 0.0797. The standard InChI is InChI=1S/C20H20N8O.C17H17N7O.C3H5NS/c1-3-22-20-25-16-11-23-19(26-18(16)28(20)14-6-8-29-9-7-14)27-12-24-15-5-4-13(21-2)10-17(15)27;1-19-12-2-3-14-15(8-12)24(10-21-14)17-20-9-13(18)16(23-17)22-11-4-6-25-7-5-11;1-2-4-3-5/h4-5,10-12,14H,3,6-9H2,1H3,(H,22,25);2-3,8-11H,4-7,18H2,(H,20,22,23);2H2,1H3. The van der Waals surface area contributed by atoms with Gasteiger partial charge in [-0.05, 0) is 76.0 Å². The maximum atomic E-state index is 7.27. The second-order valence-corrected chi connectivity index (χ2v) is 13.6. The number of nitrogens with zero attached hydrogens (tertiary/aromatic N) is 13. The fourth-order valence-corrected chi connectivity index (χ4v) is 6.86. The Bertz CT molecular complexity index is 2690. The van der Waals surface area contributed by atoms with Crippen LogP contribution in [0.3, 0.4) is 0 Å². The second-order valence-electron chi connectivity index (χ2n) is 13.4. The molecule has 2 saturated heterocycles. The van der Waals surface area contributed by atoms with E-state index in [1.54, 1.807) is 47.8 Å². The number of nitrogens with one attached hydrogen (secondary N) is 2. The first-order valence-corrected chi connectivity index (χ1v) is 19.6. The van der Waals surface area contributed by atoms with Crippen molar-refractivity contribution < 1.29 is 9.47 Å². The van der Waals surface area contributed by atoms with Gasteiger partial charge in [0.1, 0.15) is 18.2 Å². The van der Waals surface area contributed by atoms with Crippen molar-refractivity contribution in [3.63, 3.8) is 0 Å². The van der Waals surface area contributed by atoms with Gasteiger partial charge in [-0.15, -0.1) is 0 Å². The van der Waals surface area contributed by atoms with E-state index >= 15 is 0 Å². The van der Waals surface area contributed by atoms with Gasteiger partial charge in [0.2, 0.25) is 17.8 Å². The molecule has 0 atom stereocenters. The van der Waals surface area contributed by atoms with Crippen LogP contribution in [0.5, 0.6) is 0 Å². The molecule has 0 radical (unpaired) electrons. The van der Waals surface area contributed by atoms with Crippen LogP contribution in [0.15, 0.2) is 66.4 Å². The van der Waals surface area contributed by atoms with Crippen LogP contribution in [0.2, 0.25) is 0 Å². The summed E-state index contributed by atoms with van der Waals surface area (Å²) < 4.78 is 16.7. The number of aliphatic imine (C=N–C) groups is 1. The number of isothiocyanates is 1. The fourth-order valence-electron chi connectivity index (χ4n) is 6.73. The molecule has 9 rings (SSSR count). The van der Waals surface area contributed by atoms with Gasteiger partial charge >= 0.3 is 0 Å². The number of aromatic nitrogens is 10. The minimum Gasteiger partial charge on any atom is -0.394 e. The molecule has 4 N–H and O–H groups in total. The monoisotopic (exact) mass is 810 g/mol. The molecule has 2 aliphatic rings. The molecule has 0 unspecified atom stereocenters. The largest absolute Gasteiger partial charge is 0.394 e. The number of thiocarbonyl (C=S) groups is 1. The number of rotatable bonds is 8. The maximum absolute atomic E-state index is 7.27. The third kappa shape index (κ3) is 9.14. The van der Waals surface area contributed by atoms with Gasteiger partial charge in [-0.3, -0.25) is 13.7 Å². The summed E-state index contributed by atoms with van der Waals surface area (Å²) in [6.45, 7) is 22.9. The summed E-state index contributed by atoms with van der Waals surface area (Å²) in [6, 6.07) is 11.3. The smallest absolute Gasteiger partial charge is 0.237 e. The number of imidazole rings is 3. The molecule has 18 nitrogen and oxygen atoms in total. The molecular weight excluding hydrogens is 769 g/mol. The number of ether oxygens (including phenoxy) is 2. The average molecular weight is 811 g/mol. The number of nitrogen functional groups attached to an aromatic ring is 1. The van der Waals surface area contributed by atoms with Crippen LogP contribution in [0.4, 0.5) is 28.8 Å². The zero-order chi connectivity index (χ0) is 41.1.